The molecule has 0 aliphatic heterocycles. The Hall–Kier alpha value is -2.43. The number of benzene rings is 1. The Bertz CT molecular complexity index is 1180. The third-order valence-electron chi connectivity index (χ3n) is 8.68. The Labute approximate surface area is 260 Å². The van der Waals surface area contributed by atoms with Crippen molar-refractivity contribution in [3.8, 4) is 0 Å². The van der Waals surface area contributed by atoms with Crippen molar-refractivity contribution in [2.24, 2.45) is 5.92 Å². The van der Waals surface area contributed by atoms with Crippen LogP contribution in [-0.4, -0.2) is 68.3 Å². The number of methoxy groups -OCH3 is 2. The first kappa shape index (κ1) is 33.5. The molecule has 10 heteroatoms. The summed E-state index contributed by atoms with van der Waals surface area (Å²) in [6.45, 7) is 15.9. The molecule has 0 amide bonds. The van der Waals surface area contributed by atoms with Crippen LogP contribution >= 0.6 is 0 Å². The van der Waals surface area contributed by atoms with Gasteiger partial charge in [0.05, 0.1) is 31.0 Å². The SMILES string of the molecule is COC(=O)CC(C)c1ccc(N(CC(C)C)C2CCC(OC)CC2)c(Nc2nc(C3CC3)n(COCC[Si](C)(C)C)n2)c1. The Morgan fingerprint density at radius 2 is 1.81 bits per heavy atom. The molecule has 0 bridgehead atoms. The highest BCUT2D eigenvalue weighted by Gasteiger charge is 2.31. The van der Waals surface area contributed by atoms with Crippen molar-refractivity contribution in [1.29, 1.82) is 0 Å². The van der Waals surface area contributed by atoms with Gasteiger partial charge in [-0.2, -0.15) is 4.98 Å². The van der Waals surface area contributed by atoms with Gasteiger partial charge in [-0.1, -0.05) is 46.5 Å². The van der Waals surface area contributed by atoms with Gasteiger partial charge in [0.25, 0.3) is 0 Å². The number of carbonyl (C=O) groups is 1. The van der Waals surface area contributed by atoms with Crippen LogP contribution in [-0.2, 0) is 25.7 Å². The van der Waals surface area contributed by atoms with Gasteiger partial charge >= 0.3 is 5.97 Å². The van der Waals surface area contributed by atoms with Gasteiger partial charge in [0.15, 0.2) is 0 Å². The molecule has 1 aromatic heterocycles. The molecule has 0 saturated heterocycles. The van der Waals surface area contributed by atoms with Gasteiger partial charge in [-0.25, -0.2) is 4.68 Å². The molecule has 1 aromatic carbocycles. The molecule has 2 aliphatic rings. The molecule has 43 heavy (non-hydrogen) atoms. The second-order valence-electron chi connectivity index (χ2n) is 14.2. The van der Waals surface area contributed by atoms with Crippen LogP contribution in [0, 0.1) is 5.92 Å². The highest BCUT2D eigenvalue weighted by Crippen LogP contribution is 2.41. The van der Waals surface area contributed by atoms with Crippen LogP contribution < -0.4 is 10.2 Å². The minimum atomic E-state index is -1.16. The predicted molar refractivity (Wildman–Crippen MR) is 176 cm³/mol. The number of esters is 1. The van der Waals surface area contributed by atoms with Crippen LogP contribution in [0.25, 0.3) is 0 Å². The largest absolute Gasteiger partial charge is 0.469 e. The van der Waals surface area contributed by atoms with E-state index in [9.17, 15) is 4.79 Å². The number of nitrogens with one attached hydrogen (secondary N) is 1. The van der Waals surface area contributed by atoms with E-state index < -0.39 is 8.07 Å². The lowest BCUT2D eigenvalue weighted by Crippen LogP contribution is -2.41. The molecule has 1 N–H and O–H groups in total. The van der Waals surface area contributed by atoms with E-state index >= 15 is 0 Å². The first-order chi connectivity index (χ1) is 20.5. The summed E-state index contributed by atoms with van der Waals surface area (Å²) >= 11 is 0. The summed E-state index contributed by atoms with van der Waals surface area (Å²) in [5, 5.41) is 8.54. The lowest BCUT2D eigenvalue weighted by atomic mass is 9.90. The average Bonchev–Trinajstić information content (AvgIpc) is 3.74. The lowest BCUT2D eigenvalue weighted by Gasteiger charge is -2.40. The zero-order valence-electron chi connectivity index (χ0n) is 27.8. The molecule has 2 aromatic rings. The van der Waals surface area contributed by atoms with Crippen molar-refractivity contribution in [3.05, 3.63) is 29.6 Å². The Morgan fingerprint density at radius 1 is 1.09 bits per heavy atom. The topological polar surface area (TPSA) is 90.7 Å². The first-order valence-electron chi connectivity index (χ1n) is 16.3. The number of nitrogens with zero attached hydrogens (tertiary/aromatic N) is 4. The Balaban J connectivity index is 1.64. The van der Waals surface area contributed by atoms with Crippen LogP contribution in [0.3, 0.4) is 0 Å². The summed E-state index contributed by atoms with van der Waals surface area (Å²) in [6.07, 6.45) is 7.30. The van der Waals surface area contributed by atoms with Gasteiger partial charge in [-0.3, -0.25) is 4.79 Å². The van der Waals surface area contributed by atoms with Crippen LogP contribution in [0.15, 0.2) is 18.2 Å². The minimum absolute atomic E-state index is 0.0186. The standard InChI is InChI=1S/C33H55N5O4Si/c1-23(2)21-37(27-12-14-28(40-4)15-13-27)30-16-11-26(24(3)19-31(39)41-5)20-29(30)34-33-35-32(25-9-10-25)38(36-33)22-42-17-18-43(6,7)8/h11,16,20,23-25,27-28H,9-10,12-15,17-19,21-22H2,1-8H3,(H,34,36). The highest BCUT2D eigenvalue weighted by atomic mass is 28.3. The zero-order chi connectivity index (χ0) is 31.1. The summed E-state index contributed by atoms with van der Waals surface area (Å²) in [7, 11) is 2.11. The van der Waals surface area contributed by atoms with Gasteiger partial charge in [-0.05, 0) is 74.1 Å². The van der Waals surface area contributed by atoms with E-state index in [0.29, 0.717) is 43.1 Å². The van der Waals surface area contributed by atoms with Gasteiger partial charge in [0.2, 0.25) is 5.95 Å². The molecule has 9 nitrogen and oxygen atoms in total. The van der Waals surface area contributed by atoms with Gasteiger partial charge < -0.3 is 24.4 Å². The Morgan fingerprint density at radius 3 is 2.42 bits per heavy atom. The fraction of sp³-hybridized carbons (Fsp3) is 0.727. The van der Waals surface area contributed by atoms with Crippen molar-refractivity contribution >= 4 is 31.4 Å². The van der Waals surface area contributed by atoms with Crippen molar-refractivity contribution < 1.29 is 19.0 Å². The molecule has 2 fully saturated rings. The molecular formula is C33H55N5O4Si. The minimum Gasteiger partial charge on any atom is -0.469 e. The quantitative estimate of drug-likeness (QED) is 0.120. The van der Waals surface area contributed by atoms with E-state index in [-0.39, 0.29) is 11.9 Å². The van der Waals surface area contributed by atoms with Crippen LogP contribution in [0.5, 0.6) is 0 Å². The molecule has 4 rings (SSSR count). The Kier molecular flexibility index (Phi) is 11.7. The van der Waals surface area contributed by atoms with Crippen LogP contribution in [0.4, 0.5) is 17.3 Å². The molecule has 1 unspecified atom stereocenters. The normalized spacial score (nSPS) is 19.8. The predicted octanol–water partition coefficient (Wildman–Crippen LogP) is 7.30. The molecule has 2 saturated carbocycles. The van der Waals surface area contributed by atoms with E-state index in [1.807, 2.05) is 11.8 Å². The lowest BCUT2D eigenvalue weighted by molar-refractivity contribution is -0.140. The molecule has 1 atom stereocenters. The first-order valence-corrected chi connectivity index (χ1v) is 20.0. The van der Waals surface area contributed by atoms with Gasteiger partial charge in [0.1, 0.15) is 12.6 Å². The summed E-state index contributed by atoms with van der Waals surface area (Å²) in [5.74, 6) is 2.36. The zero-order valence-corrected chi connectivity index (χ0v) is 28.8. The monoisotopic (exact) mass is 613 g/mol. The molecular weight excluding hydrogens is 558 g/mol. The fourth-order valence-corrected chi connectivity index (χ4v) is 6.64. The number of carbonyl (C=O) groups excluding carboxylic acids is 1. The smallest absolute Gasteiger partial charge is 0.306 e. The number of aromatic nitrogens is 3. The number of rotatable bonds is 16. The maximum atomic E-state index is 12.1. The van der Waals surface area contributed by atoms with E-state index in [0.717, 1.165) is 80.5 Å². The molecule has 0 spiro atoms. The van der Waals surface area contributed by atoms with E-state index in [2.05, 4.69) is 68.8 Å². The summed E-state index contributed by atoms with van der Waals surface area (Å²) in [5.41, 5.74) is 3.21. The van der Waals surface area contributed by atoms with Crippen LogP contribution in [0.1, 0.15) is 88.9 Å². The highest BCUT2D eigenvalue weighted by molar-refractivity contribution is 6.76. The number of anilines is 3. The second-order valence-corrected chi connectivity index (χ2v) is 19.8. The number of ether oxygens (including phenoxy) is 3. The van der Waals surface area contributed by atoms with Crippen LogP contribution in [0.2, 0.25) is 25.7 Å². The molecule has 240 valence electrons. The maximum absolute atomic E-state index is 12.1. The molecule has 0 radical (unpaired) electrons. The summed E-state index contributed by atoms with van der Waals surface area (Å²) in [6, 6.07) is 8.12. The van der Waals surface area contributed by atoms with Gasteiger partial charge in [-0.15, -0.1) is 5.10 Å². The van der Waals surface area contributed by atoms with Crippen molar-refractivity contribution in [3.63, 3.8) is 0 Å². The van der Waals surface area contributed by atoms with E-state index in [1.165, 1.54) is 7.11 Å². The maximum Gasteiger partial charge on any atom is 0.306 e. The van der Waals surface area contributed by atoms with E-state index in [1.54, 1.807) is 0 Å². The number of hydrogen-bond donors (Lipinski definition) is 1. The van der Waals surface area contributed by atoms with Crippen molar-refractivity contribution in [2.75, 3.05) is 37.6 Å². The van der Waals surface area contributed by atoms with Crippen molar-refractivity contribution in [2.45, 2.75) is 122 Å². The average molecular weight is 614 g/mol. The molecule has 1 heterocycles. The van der Waals surface area contributed by atoms with Gasteiger partial charge in [0, 0.05) is 40.3 Å². The summed E-state index contributed by atoms with van der Waals surface area (Å²) in [4.78, 5) is 19.7. The number of hydrogen-bond acceptors (Lipinski definition) is 8. The molecule has 2 aliphatic carbocycles. The second kappa shape index (κ2) is 15.0. The third-order valence-corrected chi connectivity index (χ3v) is 10.4. The van der Waals surface area contributed by atoms with Crippen molar-refractivity contribution in [1.82, 2.24) is 14.8 Å². The fourth-order valence-electron chi connectivity index (χ4n) is 5.89. The summed E-state index contributed by atoms with van der Waals surface area (Å²) < 4.78 is 18.7. The third kappa shape index (κ3) is 9.78. The van der Waals surface area contributed by atoms with E-state index in [4.69, 9.17) is 24.3 Å².